The summed E-state index contributed by atoms with van der Waals surface area (Å²) in [5.74, 6) is -1.19. The van der Waals surface area contributed by atoms with Crippen molar-refractivity contribution in [2.75, 3.05) is 17.6 Å². The highest BCUT2D eigenvalue weighted by molar-refractivity contribution is 7.92. The number of carbonyl (C=O) groups is 2. The van der Waals surface area contributed by atoms with Crippen LogP contribution in [0.4, 0.5) is 5.69 Å². The molecule has 126 valence electrons. The number of anilines is 1. The van der Waals surface area contributed by atoms with Crippen molar-refractivity contribution in [2.24, 2.45) is 0 Å². The number of aromatic nitrogens is 1. The molecule has 0 aliphatic carbocycles. The summed E-state index contributed by atoms with van der Waals surface area (Å²) >= 11 is 5.77. The van der Waals surface area contributed by atoms with E-state index in [1.807, 2.05) is 0 Å². The number of sulfonamides is 1. The number of nitrogens with zero attached hydrogens (tertiary/aromatic N) is 1. The second-order valence-electron chi connectivity index (χ2n) is 4.79. The number of esters is 1. The molecule has 24 heavy (non-hydrogen) atoms. The van der Waals surface area contributed by atoms with Crippen LogP contribution in [0.5, 0.6) is 0 Å². The maximum atomic E-state index is 12.0. The van der Waals surface area contributed by atoms with Gasteiger partial charge >= 0.3 is 5.97 Å². The Labute approximate surface area is 143 Å². The minimum atomic E-state index is -3.39. The molecule has 0 radical (unpaired) electrons. The van der Waals surface area contributed by atoms with E-state index >= 15 is 0 Å². The lowest BCUT2D eigenvalue weighted by Gasteiger charge is -2.07. The standard InChI is InChI=1S/C15H13ClN2O5S/c1-24(21,22)18-11-6-4-10(5-7-11)13(19)9-23-15(20)12-3-2-8-17-14(12)16/h2-8,18H,9H2,1H3. The fraction of sp³-hybridized carbons (Fsp3) is 0.133. The molecule has 0 atom stereocenters. The summed E-state index contributed by atoms with van der Waals surface area (Å²) < 4.78 is 29.4. The van der Waals surface area contributed by atoms with Gasteiger partial charge < -0.3 is 4.74 Å². The van der Waals surface area contributed by atoms with Crippen molar-refractivity contribution in [3.05, 3.63) is 58.9 Å². The second kappa shape index (κ2) is 7.41. The zero-order valence-electron chi connectivity index (χ0n) is 12.5. The van der Waals surface area contributed by atoms with Gasteiger partial charge in [-0.25, -0.2) is 18.2 Å². The Hall–Kier alpha value is -2.45. The third-order valence-electron chi connectivity index (χ3n) is 2.82. The van der Waals surface area contributed by atoms with E-state index in [0.29, 0.717) is 5.69 Å². The third-order valence-corrected chi connectivity index (χ3v) is 3.73. The van der Waals surface area contributed by atoms with Crippen LogP contribution < -0.4 is 4.72 Å². The summed E-state index contributed by atoms with van der Waals surface area (Å²) in [7, 11) is -3.39. The number of ether oxygens (including phenoxy) is 1. The van der Waals surface area contributed by atoms with E-state index in [2.05, 4.69) is 9.71 Å². The highest BCUT2D eigenvalue weighted by atomic mass is 35.5. The molecule has 2 rings (SSSR count). The lowest BCUT2D eigenvalue weighted by molar-refractivity contribution is 0.0474. The molecule has 0 aliphatic rings. The van der Waals surface area contributed by atoms with Crippen molar-refractivity contribution in [1.82, 2.24) is 4.98 Å². The highest BCUT2D eigenvalue weighted by Crippen LogP contribution is 2.14. The van der Waals surface area contributed by atoms with Gasteiger partial charge in [-0.1, -0.05) is 11.6 Å². The molecule has 1 aromatic carbocycles. The van der Waals surface area contributed by atoms with Crippen LogP contribution in [0.3, 0.4) is 0 Å². The van der Waals surface area contributed by atoms with Crippen LogP contribution in [-0.2, 0) is 14.8 Å². The second-order valence-corrected chi connectivity index (χ2v) is 6.90. The van der Waals surface area contributed by atoms with Crippen molar-refractivity contribution >= 4 is 39.1 Å². The Balaban J connectivity index is 1.98. The zero-order chi connectivity index (χ0) is 17.7. The van der Waals surface area contributed by atoms with Gasteiger partial charge in [-0.2, -0.15) is 0 Å². The van der Waals surface area contributed by atoms with Crippen LogP contribution in [0.15, 0.2) is 42.6 Å². The van der Waals surface area contributed by atoms with Crippen molar-refractivity contribution in [3.8, 4) is 0 Å². The molecule has 0 saturated carbocycles. The lowest BCUT2D eigenvalue weighted by atomic mass is 10.1. The fourth-order valence-electron chi connectivity index (χ4n) is 1.77. The molecule has 1 aromatic heterocycles. The number of halogens is 1. The first-order valence-electron chi connectivity index (χ1n) is 6.65. The van der Waals surface area contributed by atoms with Crippen LogP contribution in [0.2, 0.25) is 5.15 Å². The molecule has 1 N–H and O–H groups in total. The largest absolute Gasteiger partial charge is 0.454 e. The highest BCUT2D eigenvalue weighted by Gasteiger charge is 2.15. The molecule has 1 heterocycles. The Morgan fingerprint density at radius 2 is 1.88 bits per heavy atom. The number of nitrogens with one attached hydrogen (secondary N) is 1. The lowest BCUT2D eigenvalue weighted by Crippen LogP contribution is -2.15. The fourth-order valence-corrected chi connectivity index (χ4v) is 2.53. The van der Waals surface area contributed by atoms with Crippen LogP contribution in [-0.4, -0.2) is 38.0 Å². The first kappa shape index (κ1) is 17.9. The number of carbonyl (C=O) groups excluding carboxylic acids is 2. The molecule has 7 nitrogen and oxygen atoms in total. The Morgan fingerprint density at radius 1 is 1.21 bits per heavy atom. The molecule has 0 aliphatic heterocycles. The normalized spacial score (nSPS) is 10.9. The monoisotopic (exact) mass is 368 g/mol. The quantitative estimate of drug-likeness (QED) is 0.476. The number of ketones is 1. The Bertz CT molecular complexity index is 866. The SMILES string of the molecule is CS(=O)(=O)Nc1ccc(C(=O)COC(=O)c2cccnc2Cl)cc1. The summed E-state index contributed by atoms with van der Waals surface area (Å²) in [5.41, 5.74) is 0.673. The molecule has 9 heteroatoms. The molecule has 0 fully saturated rings. The van der Waals surface area contributed by atoms with Gasteiger partial charge in [0, 0.05) is 17.4 Å². The topological polar surface area (TPSA) is 102 Å². The van der Waals surface area contributed by atoms with Crippen molar-refractivity contribution in [2.45, 2.75) is 0 Å². The molecule has 0 spiro atoms. The summed E-state index contributed by atoms with van der Waals surface area (Å²) in [5, 5.41) is -0.00819. The van der Waals surface area contributed by atoms with Gasteiger partial charge in [-0.3, -0.25) is 9.52 Å². The van der Waals surface area contributed by atoms with Crippen LogP contribution in [0.1, 0.15) is 20.7 Å². The number of Topliss-reactive ketones (excluding diaryl/α,β-unsaturated/α-hetero) is 1. The first-order chi connectivity index (χ1) is 11.3. The van der Waals surface area contributed by atoms with Crippen molar-refractivity contribution < 1.29 is 22.7 Å². The predicted molar refractivity (Wildman–Crippen MR) is 88.8 cm³/mol. The van der Waals surface area contributed by atoms with Crippen molar-refractivity contribution in [1.29, 1.82) is 0 Å². The number of hydrogen-bond acceptors (Lipinski definition) is 6. The van der Waals surface area contributed by atoms with Crippen LogP contribution in [0, 0.1) is 0 Å². The molecule has 0 unspecified atom stereocenters. The smallest absolute Gasteiger partial charge is 0.341 e. The zero-order valence-corrected chi connectivity index (χ0v) is 14.1. The van der Waals surface area contributed by atoms with Crippen molar-refractivity contribution in [3.63, 3.8) is 0 Å². The molecule has 0 amide bonds. The summed E-state index contributed by atoms with van der Waals surface area (Å²) in [6.07, 6.45) is 2.45. The van der Waals surface area contributed by atoms with E-state index in [-0.39, 0.29) is 16.3 Å². The maximum absolute atomic E-state index is 12.0. The summed E-state index contributed by atoms with van der Waals surface area (Å²) in [6, 6.07) is 8.70. The van der Waals surface area contributed by atoms with Gasteiger partial charge in [0.1, 0.15) is 5.15 Å². The van der Waals surface area contributed by atoms with Crippen LogP contribution in [0.25, 0.3) is 0 Å². The van der Waals surface area contributed by atoms with Gasteiger partial charge in [0.2, 0.25) is 10.0 Å². The van der Waals surface area contributed by atoms with Crippen LogP contribution >= 0.6 is 11.6 Å². The van der Waals surface area contributed by atoms with Gasteiger partial charge in [-0.15, -0.1) is 0 Å². The molecular weight excluding hydrogens is 356 g/mol. The number of benzene rings is 1. The number of rotatable bonds is 6. The van der Waals surface area contributed by atoms with E-state index in [0.717, 1.165) is 6.26 Å². The van der Waals surface area contributed by atoms with Gasteiger partial charge in [0.15, 0.2) is 12.4 Å². The maximum Gasteiger partial charge on any atom is 0.341 e. The van der Waals surface area contributed by atoms with E-state index in [1.54, 1.807) is 0 Å². The van der Waals surface area contributed by atoms with E-state index in [9.17, 15) is 18.0 Å². The molecule has 0 bridgehead atoms. The van der Waals surface area contributed by atoms with Gasteiger partial charge in [0.25, 0.3) is 0 Å². The summed E-state index contributed by atoms with van der Waals surface area (Å²) in [6.45, 7) is -0.469. The van der Waals surface area contributed by atoms with E-state index < -0.39 is 28.4 Å². The third kappa shape index (κ3) is 5.04. The van der Waals surface area contributed by atoms with Gasteiger partial charge in [-0.05, 0) is 36.4 Å². The first-order valence-corrected chi connectivity index (χ1v) is 8.92. The molecular formula is C15H13ClN2O5S. The van der Waals surface area contributed by atoms with Gasteiger partial charge in [0.05, 0.1) is 11.8 Å². The minimum absolute atomic E-state index is 0.00819. The number of hydrogen-bond donors (Lipinski definition) is 1. The average molecular weight is 369 g/mol. The van der Waals surface area contributed by atoms with E-state index in [4.69, 9.17) is 16.3 Å². The summed E-state index contributed by atoms with van der Waals surface area (Å²) in [4.78, 5) is 27.6. The van der Waals surface area contributed by atoms with E-state index in [1.165, 1.54) is 42.6 Å². The minimum Gasteiger partial charge on any atom is -0.454 e. The Kier molecular flexibility index (Phi) is 5.53. The molecule has 0 saturated heterocycles. The number of pyridine rings is 1. The molecule has 2 aromatic rings. The average Bonchev–Trinajstić information content (AvgIpc) is 2.52. The predicted octanol–water partition coefficient (Wildman–Crippen LogP) is 2.15. The Morgan fingerprint density at radius 3 is 2.46 bits per heavy atom.